The fourth-order valence-electron chi connectivity index (χ4n) is 2.26. The Hall–Kier alpha value is -1.69. The maximum Gasteiger partial charge on any atom is 0.305 e. The molecule has 5 nitrogen and oxygen atoms in total. The van der Waals surface area contributed by atoms with Crippen LogP contribution in [0.5, 0.6) is 0 Å². The summed E-state index contributed by atoms with van der Waals surface area (Å²) in [5.74, 6) is -0.349. The number of esters is 1. The van der Waals surface area contributed by atoms with Crippen molar-refractivity contribution in [2.45, 2.75) is 76.9 Å². The van der Waals surface area contributed by atoms with E-state index in [9.17, 15) is 9.90 Å². The summed E-state index contributed by atoms with van der Waals surface area (Å²) < 4.78 is 4.82. The monoisotopic (exact) mass is 394 g/mol. The minimum Gasteiger partial charge on any atom is -0.463 e. The zero-order chi connectivity index (χ0) is 20.9. The lowest BCUT2D eigenvalue weighted by molar-refractivity contribution is -0.147. The molecular formula is C23H38O5. The van der Waals surface area contributed by atoms with Crippen molar-refractivity contribution < 1.29 is 24.9 Å². The van der Waals surface area contributed by atoms with Gasteiger partial charge in [-0.2, -0.15) is 0 Å². The van der Waals surface area contributed by atoms with E-state index in [2.05, 4.69) is 37.3 Å². The molecule has 0 unspecified atom stereocenters. The Morgan fingerprint density at radius 1 is 0.929 bits per heavy atom. The van der Waals surface area contributed by atoms with Crippen LogP contribution in [0.1, 0.15) is 64.7 Å². The van der Waals surface area contributed by atoms with E-state index in [1.165, 1.54) is 0 Å². The normalized spacial score (nSPS) is 14.6. The van der Waals surface area contributed by atoms with Gasteiger partial charge in [0.2, 0.25) is 0 Å². The Morgan fingerprint density at radius 2 is 1.54 bits per heavy atom. The van der Waals surface area contributed by atoms with Crippen LogP contribution in [0.25, 0.3) is 0 Å². The zero-order valence-corrected chi connectivity index (χ0v) is 17.2. The first-order valence-corrected chi connectivity index (χ1v) is 10.3. The van der Waals surface area contributed by atoms with Gasteiger partial charge in [0.25, 0.3) is 0 Å². The standard InChI is InChI=1S/C23H38O5/c1-2-3-16-21(25)17-14-12-10-8-6-4-5-7-9-11-13-15-18-23(27)28-20-22(26)19-24/h4-5,8-11,14,17,21-22,24-26H,2-3,6-7,12-13,15-16,18-20H2,1H3/b5-4-,10-8-,11-9-,17-14-/t21-,22-/m0/s1. The molecule has 0 rings (SSSR count). The zero-order valence-electron chi connectivity index (χ0n) is 17.2. The summed E-state index contributed by atoms with van der Waals surface area (Å²) in [5, 5.41) is 27.4. The summed E-state index contributed by atoms with van der Waals surface area (Å²) in [4.78, 5) is 11.4. The predicted octanol–water partition coefficient (Wildman–Crippen LogP) is 4.00. The number of hydrogen-bond acceptors (Lipinski definition) is 5. The first-order valence-electron chi connectivity index (χ1n) is 10.3. The summed E-state index contributed by atoms with van der Waals surface area (Å²) in [6, 6.07) is 0. The number of allylic oxidation sites excluding steroid dienone is 7. The Morgan fingerprint density at radius 3 is 2.14 bits per heavy atom. The van der Waals surface area contributed by atoms with Gasteiger partial charge in [0.05, 0.1) is 12.7 Å². The lowest BCUT2D eigenvalue weighted by Gasteiger charge is -2.07. The van der Waals surface area contributed by atoms with E-state index in [-0.39, 0.29) is 18.7 Å². The van der Waals surface area contributed by atoms with E-state index in [1.807, 2.05) is 18.2 Å². The van der Waals surface area contributed by atoms with Crippen molar-refractivity contribution in [1.29, 1.82) is 0 Å². The third-order valence-electron chi connectivity index (χ3n) is 3.93. The molecule has 2 atom stereocenters. The number of hydrogen-bond donors (Lipinski definition) is 3. The average Bonchev–Trinajstić information content (AvgIpc) is 2.70. The van der Waals surface area contributed by atoms with Gasteiger partial charge in [0.1, 0.15) is 12.7 Å². The molecule has 5 heteroatoms. The van der Waals surface area contributed by atoms with Gasteiger partial charge >= 0.3 is 5.97 Å². The number of carbonyl (C=O) groups is 1. The molecule has 0 saturated heterocycles. The molecule has 160 valence electrons. The molecule has 0 aliphatic carbocycles. The lowest BCUT2D eigenvalue weighted by atomic mass is 10.1. The summed E-state index contributed by atoms with van der Waals surface area (Å²) in [5.41, 5.74) is 0. The molecule has 3 N–H and O–H groups in total. The van der Waals surface area contributed by atoms with Crippen LogP contribution in [0.2, 0.25) is 0 Å². The molecule has 0 spiro atoms. The summed E-state index contributed by atoms with van der Waals surface area (Å²) in [6.07, 6.45) is 22.6. The van der Waals surface area contributed by atoms with E-state index in [0.29, 0.717) is 12.8 Å². The molecule has 0 heterocycles. The van der Waals surface area contributed by atoms with Crippen molar-refractivity contribution in [1.82, 2.24) is 0 Å². The van der Waals surface area contributed by atoms with Crippen LogP contribution in [0.15, 0.2) is 48.6 Å². The molecule has 0 aromatic heterocycles. The summed E-state index contributed by atoms with van der Waals surface area (Å²) >= 11 is 0. The molecule has 0 amide bonds. The van der Waals surface area contributed by atoms with Gasteiger partial charge < -0.3 is 20.1 Å². The number of ether oxygens (including phenoxy) is 1. The number of carbonyl (C=O) groups excluding carboxylic acids is 1. The van der Waals surface area contributed by atoms with Gasteiger partial charge in [-0.25, -0.2) is 0 Å². The highest BCUT2D eigenvalue weighted by molar-refractivity contribution is 5.69. The predicted molar refractivity (Wildman–Crippen MR) is 114 cm³/mol. The second-order valence-corrected chi connectivity index (χ2v) is 6.67. The number of aliphatic hydroxyl groups is 3. The second-order valence-electron chi connectivity index (χ2n) is 6.67. The first kappa shape index (κ1) is 26.3. The summed E-state index contributed by atoms with van der Waals surface area (Å²) in [7, 11) is 0. The van der Waals surface area contributed by atoms with Crippen molar-refractivity contribution in [3.63, 3.8) is 0 Å². The van der Waals surface area contributed by atoms with Crippen LogP contribution >= 0.6 is 0 Å². The highest BCUT2D eigenvalue weighted by Crippen LogP contribution is 2.03. The smallest absolute Gasteiger partial charge is 0.305 e. The summed E-state index contributed by atoms with van der Waals surface area (Å²) in [6.45, 7) is 1.57. The van der Waals surface area contributed by atoms with Crippen molar-refractivity contribution in [2.24, 2.45) is 0 Å². The van der Waals surface area contributed by atoms with E-state index in [1.54, 1.807) is 0 Å². The Balaban J connectivity index is 3.58. The number of aliphatic hydroxyl groups excluding tert-OH is 3. The van der Waals surface area contributed by atoms with Crippen LogP contribution in [-0.4, -0.2) is 46.7 Å². The minimum absolute atomic E-state index is 0.151. The third kappa shape index (κ3) is 19.1. The Labute approximate surface area is 170 Å². The third-order valence-corrected chi connectivity index (χ3v) is 3.93. The van der Waals surface area contributed by atoms with Gasteiger partial charge in [-0.05, 0) is 38.5 Å². The van der Waals surface area contributed by atoms with Gasteiger partial charge in [-0.1, -0.05) is 68.4 Å². The van der Waals surface area contributed by atoms with Crippen molar-refractivity contribution in [3.05, 3.63) is 48.6 Å². The maximum absolute atomic E-state index is 11.4. The number of unbranched alkanes of at least 4 members (excludes halogenated alkanes) is 2. The molecule has 0 aromatic carbocycles. The molecular weight excluding hydrogens is 356 g/mol. The maximum atomic E-state index is 11.4. The van der Waals surface area contributed by atoms with E-state index in [0.717, 1.165) is 44.9 Å². The topological polar surface area (TPSA) is 87.0 Å². The van der Waals surface area contributed by atoms with Crippen LogP contribution in [0.4, 0.5) is 0 Å². The SMILES string of the molecule is CCCC[C@H](O)/C=C\C/C=C\C/C=C\C/C=C\CCCC(=O)OC[C@@H](O)CO. The number of rotatable bonds is 17. The first-order chi connectivity index (χ1) is 13.6. The van der Waals surface area contributed by atoms with Crippen LogP contribution in [0, 0.1) is 0 Å². The fourth-order valence-corrected chi connectivity index (χ4v) is 2.26. The highest BCUT2D eigenvalue weighted by Gasteiger charge is 2.06. The highest BCUT2D eigenvalue weighted by atomic mass is 16.5. The second kappa shape index (κ2) is 20.1. The van der Waals surface area contributed by atoms with Gasteiger partial charge in [-0.15, -0.1) is 0 Å². The van der Waals surface area contributed by atoms with Crippen molar-refractivity contribution in [3.8, 4) is 0 Å². The van der Waals surface area contributed by atoms with E-state index < -0.39 is 12.7 Å². The molecule has 0 saturated carbocycles. The molecule has 0 bridgehead atoms. The molecule has 0 aliphatic rings. The van der Waals surface area contributed by atoms with E-state index >= 15 is 0 Å². The van der Waals surface area contributed by atoms with Crippen LogP contribution in [0.3, 0.4) is 0 Å². The quantitative estimate of drug-likeness (QED) is 0.197. The van der Waals surface area contributed by atoms with Gasteiger partial charge in [-0.3, -0.25) is 4.79 Å². The molecule has 0 fully saturated rings. The Bertz CT molecular complexity index is 479. The largest absolute Gasteiger partial charge is 0.463 e. The molecule has 28 heavy (non-hydrogen) atoms. The Kier molecular flexibility index (Phi) is 18.8. The molecule has 0 aliphatic heterocycles. The van der Waals surface area contributed by atoms with Crippen molar-refractivity contribution in [2.75, 3.05) is 13.2 Å². The van der Waals surface area contributed by atoms with Gasteiger partial charge in [0.15, 0.2) is 0 Å². The average molecular weight is 395 g/mol. The van der Waals surface area contributed by atoms with E-state index in [4.69, 9.17) is 14.9 Å². The lowest BCUT2D eigenvalue weighted by Crippen LogP contribution is -2.21. The minimum atomic E-state index is -0.995. The molecule has 0 aromatic rings. The van der Waals surface area contributed by atoms with Crippen LogP contribution in [-0.2, 0) is 9.53 Å². The van der Waals surface area contributed by atoms with Gasteiger partial charge in [0, 0.05) is 6.42 Å². The molecule has 0 radical (unpaired) electrons. The van der Waals surface area contributed by atoms with Crippen LogP contribution < -0.4 is 0 Å². The fraction of sp³-hybridized carbons (Fsp3) is 0.609. The van der Waals surface area contributed by atoms with Crippen molar-refractivity contribution >= 4 is 5.97 Å².